The van der Waals surface area contributed by atoms with E-state index in [2.05, 4.69) is 22.0 Å². The summed E-state index contributed by atoms with van der Waals surface area (Å²) in [5.41, 5.74) is 2.62. The Kier molecular flexibility index (Phi) is 5.76. The van der Waals surface area contributed by atoms with Gasteiger partial charge < -0.3 is 9.64 Å². The van der Waals surface area contributed by atoms with Crippen LogP contribution in [0, 0.1) is 0 Å². The average Bonchev–Trinajstić information content (AvgIpc) is 3.39. The molecule has 154 valence electrons. The van der Waals surface area contributed by atoms with Crippen LogP contribution in [0.25, 0.3) is 27.4 Å². The lowest BCUT2D eigenvalue weighted by Crippen LogP contribution is -2.30. The van der Waals surface area contributed by atoms with E-state index in [1.54, 1.807) is 10.1 Å². The summed E-state index contributed by atoms with van der Waals surface area (Å²) in [5, 5.41) is 8.09. The minimum Gasteiger partial charge on any atom is -0.409 e. The number of piperidine rings is 1. The Balaban J connectivity index is 0.00000218. The summed E-state index contributed by atoms with van der Waals surface area (Å²) in [6.45, 7) is 2.42. The first kappa shape index (κ1) is 20.0. The first-order valence-electron chi connectivity index (χ1n) is 9.60. The van der Waals surface area contributed by atoms with Gasteiger partial charge in [-0.1, -0.05) is 49.1 Å². The third kappa shape index (κ3) is 3.66. The van der Waals surface area contributed by atoms with Gasteiger partial charge in [-0.25, -0.2) is 4.98 Å². The van der Waals surface area contributed by atoms with Crippen molar-refractivity contribution in [3.05, 3.63) is 47.8 Å². The summed E-state index contributed by atoms with van der Waals surface area (Å²) in [6, 6.07) is 14.2. The van der Waals surface area contributed by atoms with E-state index in [0.29, 0.717) is 11.6 Å². The molecule has 30 heavy (non-hydrogen) atoms. The molecule has 7 nitrogen and oxygen atoms in total. The largest absolute Gasteiger partial charge is 0.409 e. The monoisotopic (exact) mass is 421 g/mol. The summed E-state index contributed by atoms with van der Waals surface area (Å²) >= 11 is 1.36. The number of ether oxygens (including phenoxy) is 1. The highest BCUT2D eigenvalue weighted by atomic mass is 32.1. The fourth-order valence-electron chi connectivity index (χ4n) is 3.68. The topological polar surface area (TPSA) is 73.1 Å². The molecule has 0 unspecified atom stereocenters. The van der Waals surface area contributed by atoms with E-state index in [1.165, 1.54) is 30.6 Å². The third-order valence-electron chi connectivity index (χ3n) is 5.06. The molecular formula is C22H23N5O2S. The van der Waals surface area contributed by atoms with Crippen molar-refractivity contribution in [1.29, 1.82) is 0 Å². The van der Waals surface area contributed by atoms with Crippen molar-refractivity contribution in [3.8, 4) is 22.3 Å². The van der Waals surface area contributed by atoms with E-state index in [9.17, 15) is 4.79 Å². The molecule has 1 fully saturated rings. The van der Waals surface area contributed by atoms with E-state index in [4.69, 9.17) is 14.8 Å². The smallest absolute Gasteiger partial charge is 0.299 e. The van der Waals surface area contributed by atoms with Crippen molar-refractivity contribution in [3.63, 3.8) is 0 Å². The summed E-state index contributed by atoms with van der Waals surface area (Å²) in [6.07, 6.45) is 3.65. The number of fused-ring (bicyclic) bond motifs is 1. The van der Waals surface area contributed by atoms with Gasteiger partial charge in [-0.15, -0.1) is 0 Å². The second kappa shape index (κ2) is 8.62. The Morgan fingerprint density at radius 1 is 1.00 bits per heavy atom. The van der Waals surface area contributed by atoms with Crippen LogP contribution in [-0.4, -0.2) is 39.3 Å². The van der Waals surface area contributed by atoms with Gasteiger partial charge in [0, 0.05) is 24.0 Å². The van der Waals surface area contributed by atoms with Gasteiger partial charge in [-0.2, -0.15) is 14.8 Å². The predicted molar refractivity (Wildman–Crippen MR) is 119 cm³/mol. The highest BCUT2D eigenvalue weighted by Gasteiger charge is 2.20. The summed E-state index contributed by atoms with van der Waals surface area (Å²) in [7, 11) is 0. The zero-order valence-electron chi connectivity index (χ0n) is 15.7. The van der Waals surface area contributed by atoms with Gasteiger partial charge in [0.2, 0.25) is 11.0 Å². The minimum atomic E-state index is 0. The van der Waals surface area contributed by atoms with E-state index in [1.807, 2.05) is 30.3 Å². The van der Waals surface area contributed by atoms with Gasteiger partial charge in [0.1, 0.15) is 11.5 Å². The lowest BCUT2D eigenvalue weighted by molar-refractivity contribution is -0.120. The molecule has 0 radical (unpaired) electrons. The van der Waals surface area contributed by atoms with Gasteiger partial charge in [0.25, 0.3) is 6.47 Å². The lowest BCUT2D eigenvalue weighted by atomic mass is 10.1. The molecule has 0 atom stereocenters. The van der Waals surface area contributed by atoms with Crippen LogP contribution in [-0.2, 0) is 4.79 Å². The van der Waals surface area contributed by atoms with Crippen LogP contribution in [0.1, 0.15) is 26.7 Å². The summed E-state index contributed by atoms with van der Waals surface area (Å²) < 4.78 is 6.62. The molecule has 0 aliphatic carbocycles. The number of hydrogen-bond acceptors (Lipinski definition) is 7. The molecule has 8 heteroatoms. The predicted octanol–water partition coefficient (Wildman–Crippen LogP) is 4.71. The fourth-order valence-corrected chi connectivity index (χ4v) is 4.36. The first-order valence-corrected chi connectivity index (χ1v) is 10.5. The van der Waals surface area contributed by atoms with Crippen molar-refractivity contribution >= 4 is 34.7 Å². The number of benzene rings is 1. The number of hydrogen-bond donors (Lipinski definition) is 0. The third-order valence-corrected chi connectivity index (χ3v) is 5.86. The number of pyridine rings is 1. The second-order valence-electron chi connectivity index (χ2n) is 6.90. The molecular weight excluding hydrogens is 398 g/mol. The highest BCUT2D eigenvalue weighted by Crippen LogP contribution is 2.32. The Labute approximate surface area is 179 Å². The van der Waals surface area contributed by atoms with Crippen molar-refractivity contribution < 1.29 is 9.53 Å². The van der Waals surface area contributed by atoms with Crippen molar-refractivity contribution in [2.75, 3.05) is 18.0 Å². The van der Waals surface area contributed by atoms with Crippen LogP contribution in [0.2, 0.25) is 0 Å². The Morgan fingerprint density at radius 2 is 1.80 bits per heavy atom. The van der Waals surface area contributed by atoms with E-state index >= 15 is 0 Å². The maximum absolute atomic E-state index is 10.6. The van der Waals surface area contributed by atoms with Gasteiger partial charge in [0.15, 0.2) is 5.65 Å². The maximum atomic E-state index is 10.6. The lowest BCUT2D eigenvalue weighted by Gasteiger charge is -2.27. The Hall–Kier alpha value is -3.26. The highest BCUT2D eigenvalue weighted by molar-refractivity contribution is 7.12. The van der Waals surface area contributed by atoms with Crippen LogP contribution in [0.5, 0.6) is 5.88 Å². The molecule has 1 saturated heterocycles. The number of carbonyl (C=O) groups is 1. The number of aromatic nitrogens is 4. The zero-order valence-corrected chi connectivity index (χ0v) is 16.5. The normalized spacial score (nSPS) is 13.8. The molecule has 1 aromatic carbocycles. The molecule has 4 heterocycles. The average molecular weight is 422 g/mol. The first-order chi connectivity index (χ1) is 14.3. The van der Waals surface area contributed by atoms with Gasteiger partial charge in [-0.3, -0.25) is 4.79 Å². The Morgan fingerprint density at radius 3 is 2.57 bits per heavy atom. The van der Waals surface area contributed by atoms with Crippen molar-refractivity contribution in [2.45, 2.75) is 26.7 Å². The molecule has 0 spiro atoms. The molecule has 5 rings (SSSR count). The quantitative estimate of drug-likeness (QED) is 0.435. The van der Waals surface area contributed by atoms with Crippen LogP contribution < -0.4 is 9.64 Å². The number of carbonyl (C=O) groups excluding carboxylic acids is 1. The molecule has 0 saturated carbocycles. The summed E-state index contributed by atoms with van der Waals surface area (Å²) in [5.74, 6) is 1.22. The molecule has 0 amide bonds. The van der Waals surface area contributed by atoms with Crippen LogP contribution in [0.3, 0.4) is 0 Å². The zero-order chi connectivity index (χ0) is 19.6. The number of thiazole rings is 1. The molecule has 1 aliphatic heterocycles. The minimum absolute atomic E-state index is 0. The van der Waals surface area contributed by atoms with Gasteiger partial charge >= 0.3 is 0 Å². The Bertz CT molecular complexity index is 1150. The van der Waals surface area contributed by atoms with Crippen molar-refractivity contribution in [1.82, 2.24) is 19.7 Å². The molecule has 4 aromatic rings. The maximum Gasteiger partial charge on any atom is 0.299 e. The fraction of sp³-hybridized carbons (Fsp3) is 0.273. The second-order valence-corrected chi connectivity index (χ2v) is 7.73. The molecule has 1 aliphatic rings. The van der Waals surface area contributed by atoms with Crippen LogP contribution in [0.4, 0.5) is 5.82 Å². The SMILES string of the molecule is C.O=COc1csc(-n2nc(-c3ccccc3)c3ccc(N4CCCCC4)nc32)n1. The van der Waals surface area contributed by atoms with E-state index in [-0.39, 0.29) is 13.3 Å². The molecule has 0 bridgehead atoms. The van der Waals surface area contributed by atoms with Gasteiger partial charge in [0.05, 0.1) is 5.38 Å². The van der Waals surface area contributed by atoms with Crippen LogP contribution >= 0.6 is 11.3 Å². The van der Waals surface area contributed by atoms with Crippen molar-refractivity contribution in [2.24, 2.45) is 0 Å². The standard InChI is InChI=1S/C21H19N5O2S.CH4/c27-14-28-18-13-29-21(23-18)26-20-16(19(24-26)15-7-3-1-4-8-15)9-10-17(22-20)25-11-5-2-6-12-25;/h1,3-4,7-10,13-14H,2,5-6,11-12H2;1H4. The number of anilines is 1. The summed E-state index contributed by atoms with van der Waals surface area (Å²) in [4.78, 5) is 22.3. The number of rotatable bonds is 5. The number of nitrogens with zero attached hydrogens (tertiary/aromatic N) is 5. The van der Waals surface area contributed by atoms with Crippen LogP contribution in [0.15, 0.2) is 47.8 Å². The molecule has 3 aromatic heterocycles. The van der Waals surface area contributed by atoms with E-state index in [0.717, 1.165) is 41.2 Å². The van der Waals surface area contributed by atoms with E-state index < -0.39 is 0 Å². The van der Waals surface area contributed by atoms with Gasteiger partial charge in [-0.05, 0) is 31.4 Å². The molecule has 0 N–H and O–H groups in total.